The van der Waals surface area contributed by atoms with Gasteiger partial charge in [-0.3, -0.25) is 4.90 Å². The Labute approximate surface area is 162 Å². The number of alkyl halides is 3. The van der Waals surface area contributed by atoms with Crippen LogP contribution in [0.1, 0.15) is 16.7 Å². The number of hydrogen-bond acceptors (Lipinski definition) is 2. The Kier molecular flexibility index (Phi) is 5.09. The van der Waals surface area contributed by atoms with Crippen molar-refractivity contribution in [2.75, 3.05) is 19.8 Å². The standard InChI is InChI=1S/C23H21F3N2/c24-23(25,26)21-7-3-6-20(15-21)22-11-13-28(16-27-22)12-10-17-8-9-18-4-1-2-5-19(18)14-17/h1-9,11,14-15,27H,10,12-13,16H2. The number of rotatable bonds is 4. The van der Waals surface area contributed by atoms with E-state index >= 15 is 0 Å². The molecule has 2 nitrogen and oxygen atoms in total. The summed E-state index contributed by atoms with van der Waals surface area (Å²) >= 11 is 0. The first kappa shape index (κ1) is 18.6. The van der Waals surface area contributed by atoms with Gasteiger partial charge in [-0.1, -0.05) is 54.6 Å². The van der Waals surface area contributed by atoms with Gasteiger partial charge in [-0.15, -0.1) is 0 Å². The second kappa shape index (κ2) is 7.68. The highest BCUT2D eigenvalue weighted by Gasteiger charge is 2.30. The largest absolute Gasteiger partial charge is 0.416 e. The molecule has 0 atom stereocenters. The Bertz CT molecular complexity index is 1010. The Morgan fingerprint density at radius 3 is 2.46 bits per heavy atom. The molecule has 0 saturated carbocycles. The normalized spacial score (nSPS) is 15.3. The second-order valence-electron chi connectivity index (χ2n) is 7.04. The Hall–Kier alpha value is -2.79. The predicted octanol–water partition coefficient (Wildman–Crippen LogP) is 5.30. The molecule has 3 aromatic rings. The van der Waals surface area contributed by atoms with Crippen molar-refractivity contribution in [2.24, 2.45) is 0 Å². The molecule has 4 rings (SSSR count). The maximum absolute atomic E-state index is 12.9. The molecule has 0 amide bonds. The van der Waals surface area contributed by atoms with Crippen molar-refractivity contribution in [3.05, 3.63) is 89.5 Å². The molecule has 0 bridgehead atoms. The zero-order valence-corrected chi connectivity index (χ0v) is 15.3. The average molecular weight is 382 g/mol. The molecule has 1 aliphatic heterocycles. The van der Waals surface area contributed by atoms with Crippen molar-refractivity contribution in [1.29, 1.82) is 0 Å². The number of hydrogen-bond donors (Lipinski definition) is 1. The van der Waals surface area contributed by atoms with Gasteiger partial charge < -0.3 is 5.32 Å². The fourth-order valence-electron chi connectivity index (χ4n) is 3.49. The summed E-state index contributed by atoms with van der Waals surface area (Å²) in [6.07, 6.45) is -1.43. The minimum absolute atomic E-state index is 0.573. The molecule has 0 unspecified atom stereocenters. The van der Waals surface area contributed by atoms with Crippen LogP contribution in [0.2, 0.25) is 0 Å². The van der Waals surface area contributed by atoms with Crippen molar-refractivity contribution in [1.82, 2.24) is 10.2 Å². The Balaban J connectivity index is 1.38. The summed E-state index contributed by atoms with van der Waals surface area (Å²) in [5.74, 6) is 0. The monoisotopic (exact) mass is 382 g/mol. The van der Waals surface area contributed by atoms with Gasteiger partial charge in [-0.2, -0.15) is 13.2 Å². The van der Waals surface area contributed by atoms with Crippen LogP contribution in [0.3, 0.4) is 0 Å². The summed E-state index contributed by atoms with van der Waals surface area (Å²) in [5.41, 5.74) is 2.00. The van der Waals surface area contributed by atoms with E-state index in [0.29, 0.717) is 18.8 Å². The quantitative estimate of drug-likeness (QED) is 0.658. The van der Waals surface area contributed by atoms with Crippen LogP contribution >= 0.6 is 0 Å². The second-order valence-corrected chi connectivity index (χ2v) is 7.04. The summed E-state index contributed by atoms with van der Waals surface area (Å²) in [5, 5.41) is 5.72. The van der Waals surface area contributed by atoms with Crippen molar-refractivity contribution in [2.45, 2.75) is 12.6 Å². The Morgan fingerprint density at radius 2 is 1.71 bits per heavy atom. The van der Waals surface area contributed by atoms with Gasteiger partial charge in [0, 0.05) is 18.8 Å². The third kappa shape index (κ3) is 4.20. The fourth-order valence-corrected chi connectivity index (χ4v) is 3.49. The van der Waals surface area contributed by atoms with E-state index in [9.17, 15) is 13.2 Å². The smallest absolute Gasteiger partial charge is 0.372 e. The molecule has 1 N–H and O–H groups in total. The maximum atomic E-state index is 12.9. The van der Waals surface area contributed by atoms with E-state index in [1.165, 1.54) is 28.5 Å². The predicted molar refractivity (Wildman–Crippen MR) is 107 cm³/mol. The van der Waals surface area contributed by atoms with Gasteiger partial charge >= 0.3 is 6.18 Å². The van der Waals surface area contributed by atoms with Crippen LogP contribution in [-0.2, 0) is 12.6 Å². The molecular weight excluding hydrogens is 361 g/mol. The highest BCUT2D eigenvalue weighted by molar-refractivity contribution is 5.83. The molecule has 0 fully saturated rings. The molecule has 1 aliphatic rings. The van der Waals surface area contributed by atoms with Gasteiger partial charge in [0.25, 0.3) is 0 Å². The summed E-state index contributed by atoms with van der Waals surface area (Å²) in [6, 6.07) is 20.3. The fraction of sp³-hybridized carbons (Fsp3) is 0.217. The van der Waals surface area contributed by atoms with E-state index in [2.05, 4.69) is 40.5 Å². The molecule has 28 heavy (non-hydrogen) atoms. The van der Waals surface area contributed by atoms with Gasteiger partial charge in [-0.25, -0.2) is 0 Å². The number of halogens is 3. The molecule has 5 heteroatoms. The number of benzene rings is 3. The minimum atomic E-state index is -4.32. The van der Waals surface area contributed by atoms with Crippen molar-refractivity contribution in [3.8, 4) is 0 Å². The van der Waals surface area contributed by atoms with Gasteiger partial charge in [0.15, 0.2) is 0 Å². The lowest BCUT2D eigenvalue weighted by atomic mass is 10.0. The van der Waals surface area contributed by atoms with Crippen molar-refractivity contribution < 1.29 is 13.2 Å². The van der Waals surface area contributed by atoms with E-state index in [4.69, 9.17) is 0 Å². The lowest BCUT2D eigenvalue weighted by Gasteiger charge is -2.28. The van der Waals surface area contributed by atoms with E-state index in [0.717, 1.165) is 24.7 Å². The van der Waals surface area contributed by atoms with Crippen LogP contribution in [-0.4, -0.2) is 24.7 Å². The van der Waals surface area contributed by atoms with Gasteiger partial charge in [-0.05, 0) is 46.5 Å². The SMILES string of the molecule is FC(F)(F)c1cccc(C2=CCN(CCc3ccc4ccccc4c3)CN2)c1. The Morgan fingerprint density at radius 1 is 0.893 bits per heavy atom. The topological polar surface area (TPSA) is 15.3 Å². The lowest BCUT2D eigenvalue weighted by molar-refractivity contribution is -0.137. The molecule has 0 saturated heterocycles. The number of nitrogens with one attached hydrogen (secondary N) is 1. The van der Waals surface area contributed by atoms with E-state index in [1.54, 1.807) is 6.07 Å². The maximum Gasteiger partial charge on any atom is 0.416 e. The average Bonchev–Trinajstić information content (AvgIpc) is 2.72. The molecule has 1 heterocycles. The minimum Gasteiger partial charge on any atom is -0.372 e. The molecule has 0 spiro atoms. The highest BCUT2D eigenvalue weighted by Crippen LogP contribution is 2.30. The number of fused-ring (bicyclic) bond motifs is 1. The molecule has 0 radical (unpaired) electrons. The first-order valence-corrected chi connectivity index (χ1v) is 9.31. The zero-order valence-electron chi connectivity index (χ0n) is 15.3. The van der Waals surface area contributed by atoms with E-state index in [-0.39, 0.29) is 0 Å². The van der Waals surface area contributed by atoms with Crippen molar-refractivity contribution in [3.63, 3.8) is 0 Å². The van der Waals surface area contributed by atoms with Crippen LogP contribution in [0, 0.1) is 0 Å². The summed E-state index contributed by atoms with van der Waals surface area (Å²) < 4.78 is 38.7. The third-order valence-electron chi connectivity index (χ3n) is 5.08. The van der Waals surface area contributed by atoms with Crippen LogP contribution in [0.25, 0.3) is 16.5 Å². The lowest BCUT2D eigenvalue weighted by Crippen LogP contribution is -2.39. The van der Waals surface area contributed by atoms with Crippen LogP contribution in [0.15, 0.2) is 72.8 Å². The summed E-state index contributed by atoms with van der Waals surface area (Å²) in [7, 11) is 0. The van der Waals surface area contributed by atoms with Gasteiger partial charge in [0.1, 0.15) is 0 Å². The molecule has 3 aromatic carbocycles. The first-order chi connectivity index (χ1) is 13.5. The summed E-state index contributed by atoms with van der Waals surface area (Å²) in [6.45, 7) is 2.22. The van der Waals surface area contributed by atoms with Crippen molar-refractivity contribution >= 4 is 16.5 Å². The summed E-state index contributed by atoms with van der Waals surface area (Å²) in [4.78, 5) is 2.24. The first-order valence-electron chi connectivity index (χ1n) is 9.31. The van der Waals surface area contributed by atoms with Crippen LogP contribution < -0.4 is 5.32 Å². The van der Waals surface area contributed by atoms with Gasteiger partial charge in [0.05, 0.1) is 12.2 Å². The molecule has 144 valence electrons. The van der Waals surface area contributed by atoms with E-state index in [1.807, 2.05) is 18.2 Å². The van der Waals surface area contributed by atoms with Crippen LogP contribution in [0.5, 0.6) is 0 Å². The molecular formula is C23H21F3N2. The molecule has 0 aromatic heterocycles. The van der Waals surface area contributed by atoms with Gasteiger partial charge in [0.2, 0.25) is 0 Å². The third-order valence-corrected chi connectivity index (χ3v) is 5.08. The van der Waals surface area contributed by atoms with Crippen LogP contribution in [0.4, 0.5) is 13.2 Å². The zero-order chi connectivity index (χ0) is 19.6. The van der Waals surface area contributed by atoms with E-state index < -0.39 is 11.7 Å². The molecule has 0 aliphatic carbocycles. The highest BCUT2D eigenvalue weighted by atomic mass is 19.4. The number of nitrogens with zero attached hydrogens (tertiary/aromatic N) is 1.